The van der Waals surface area contributed by atoms with E-state index in [-0.39, 0.29) is 17.7 Å². The second kappa shape index (κ2) is 9.92. The number of rotatable bonds is 7. The summed E-state index contributed by atoms with van der Waals surface area (Å²) in [5.41, 5.74) is 0.571. The van der Waals surface area contributed by atoms with Gasteiger partial charge in [0.2, 0.25) is 0 Å². The summed E-state index contributed by atoms with van der Waals surface area (Å²) < 4.78 is 33.6. The van der Waals surface area contributed by atoms with Gasteiger partial charge in [0.05, 0.1) is 12.1 Å². The zero-order chi connectivity index (χ0) is 21.6. The van der Waals surface area contributed by atoms with Crippen LogP contribution in [0.25, 0.3) is 10.9 Å². The number of likely N-dealkylation sites (tertiary alicyclic amines) is 1. The van der Waals surface area contributed by atoms with Gasteiger partial charge in [0.25, 0.3) is 0 Å². The summed E-state index contributed by atoms with van der Waals surface area (Å²) in [4.78, 5) is 14.8. The quantitative estimate of drug-likeness (QED) is 0.597. The SMILES string of the molecule is O=C(NCCN1CCC(CCOc2ccc(F)cc2)CC1)n1ccc2ccc(F)cc21. The van der Waals surface area contributed by atoms with Gasteiger partial charge in [-0.25, -0.2) is 13.6 Å². The van der Waals surface area contributed by atoms with Gasteiger partial charge in [-0.2, -0.15) is 0 Å². The van der Waals surface area contributed by atoms with Gasteiger partial charge in [0.15, 0.2) is 0 Å². The Hall–Kier alpha value is -2.93. The van der Waals surface area contributed by atoms with Crippen LogP contribution in [-0.4, -0.2) is 48.3 Å². The van der Waals surface area contributed by atoms with Crippen molar-refractivity contribution < 1.29 is 18.3 Å². The molecule has 0 atom stereocenters. The van der Waals surface area contributed by atoms with Crippen LogP contribution in [0, 0.1) is 17.6 Å². The fourth-order valence-electron chi connectivity index (χ4n) is 4.06. The number of carbonyl (C=O) groups excluding carboxylic acids is 1. The van der Waals surface area contributed by atoms with E-state index in [1.807, 2.05) is 0 Å². The Morgan fingerprint density at radius 1 is 1.03 bits per heavy atom. The molecule has 2 aromatic carbocycles. The summed E-state index contributed by atoms with van der Waals surface area (Å²) in [6.45, 7) is 3.96. The molecule has 1 saturated heterocycles. The summed E-state index contributed by atoms with van der Waals surface area (Å²) in [7, 11) is 0. The van der Waals surface area contributed by atoms with Gasteiger partial charge in [0.1, 0.15) is 17.4 Å². The van der Waals surface area contributed by atoms with Gasteiger partial charge < -0.3 is 15.0 Å². The molecule has 1 fully saturated rings. The third-order valence-electron chi connectivity index (χ3n) is 5.89. The van der Waals surface area contributed by atoms with Crippen LogP contribution in [0.3, 0.4) is 0 Å². The van der Waals surface area contributed by atoms with Gasteiger partial charge in [-0.1, -0.05) is 0 Å². The molecule has 1 N–H and O–H groups in total. The first kappa shape index (κ1) is 21.3. The lowest BCUT2D eigenvalue weighted by Gasteiger charge is -2.31. The van der Waals surface area contributed by atoms with Crippen molar-refractivity contribution in [2.45, 2.75) is 19.3 Å². The standard InChI is InChI=1S/C24H27F2N3O2/c25-20-3-5-22(6-4-20)31-16-10-18-7-12-28(13-8-18)15-11-27-24(30)29-14-9-19-1-2-21(26)17-23(19)29/h1-6,9,14,17-18H,7-8,10-13,15-16H2,(H,27,30). The zero-order valence-corrected chi connectivity index (χ0v) is 17.4. The summed E-state index contributed by atoms with van der Waals surface area (Å²) in [5, 5.41) is 3.76. The molecule has 0 radical (unpaired) electrons. The van der Waals surface area contributed by atoms with Crippen molar-refractivity contribution in [3.05, 3.63) is 66.4 Å². The molecule has 1 amide bonds. The highest BCUT2D eigenvalue weighted by Gasteiger charge is 2.19. The number of benzene rings is 2. The van der Waals surface area contributed by atoms with Crippen LogP contribution in [0.4, 0.5) is 13.6 Å². The maximum Gasteiger partial charge on any atom is 0.326 e. The minimum atomic E-state index is -0.355. The Labute approximate surface area is 180 Å². The van der Waals surface area contributed by atoms with Crippen molar-refractivity contribution in [2.75, 3.05) is 32.8 Å². The van der Waals surface area contributed by atoms with Crippen LogP contribution in [0.2, 0.25) is 0 Å². The highest BCUT2D eigenvalue weighted by atomic mass is 19.1. The Balaban J connectivity index is 1.14. The molecule has 0 spiro atoms. The third-order valence-corrected chi connectivity index (χ3v) is 5.89. The molecule has 0 unspecified atom stereocenters. The second-order valence-electron chi connectivity index (χ2n) is 8.00. The molecule has 3 aromatic rings. The Kier molecular flexibility index (Phi) is 6.82. The third kappa shape index (κ3) is 5.61. The molecule has 1 aromatic heterocycles. The van der Waals surface area contributed by atoms with Crippen LogP contribution in [0.1, 0.15) is 19.3 Å². The molecule has 0 bridgehead atoms. The first-order valence-electron chi connectivity index (χ1n) is 10.7. The van der Waals surface area contributed by atoms with E-state index in [0.717, 1.165) is 44.3 Å². The van der Waals surface area contributed by atoms with Crippen LogP contribution >= 0.6 is 0 Å². The van der Waals surface area contributed by atoms with Crippen molar-refractivity contribution in [3.8, 4) is 5.75 Å². The topological polar surface area (TPSA) is 46.5 Å². The van der Waals surface area contributed by atoms with Crippen LogP contribution in [0.5, 0.6) is 5.75 Å². The number of fused-ring (bicyclic) bond motifs is 1. The van der Waals surface area contributed by atoms with Gasteiger partial charge in [-0.3, -0.25) is 4.57 Å². The molecule has 31 heavy (non-hydrogen) atoms. The molecule has 1 aliphatic heterocycles. The predicted octanol–water partition coefficient (Wildman–Crippen LogP) is 4.66. The number of hydrogen-bond donors (Lipinski definition) is 1. The first-order chi connectivity index (χ1) is 15.1. The Bertz CT molecular complexity index is 1010. The van der Waals surface area contributed by atoms with Gasteiger partial charge in [-0.15, -0.1) is 0 Å². The smallest absolute Gasteiger partial charge is 0.326 e. The van der Waals surface area contributed by atoms with Gasteiger partial charge in [-0.05, 0) is 86.8 Å². The molecule has 0 saturated carbocycles. The summed E-state index contributed by atoms with van der Waals surface area (Å²) in [6, 6.07) is 12.1. The van der Waals surface area contributed by atoms with E-state index in [1.54, 1.807) is 30.5 Å². The summed E-state index contributed by atoms with van der Waals surface area (Å²) >= 11 is 0. The number of piperidine rings is 1. The average Bonchev–Trinajstić information content (AvgIpc) is 3.19. The van der Waals surface area contributed by atoms with E-state index in [0.29, 0.717) is 30.3 Å². The largest absolute Gasteiger partial charge is 0.494 e. The van der Waals surface area contributed by atoms with Crippen LogP contribution < -0.4 is 10.1 Å². The molecule has 164 valence electrons. The molecule has 1 aliphatic rings. The Morgan fingerprint density at radius 3 is 2.55 bits per heavy atom. The molecule has 4 rings (SSSR count). The van der Waals surface area contributed by atoms with Crippen molar-refractivity contribution in [2.24, 2.45) is 5.92 Å². The fraction of sp³-hybridized carbons (Fsp3) is 0.375. The lowest BCUT2D eigenvalue weighted by Crippen LogP contribution is -2.40. The fourth-order valence-corrected chi connectivity index (χ4v) is 4.06. The monoisotopic (exact) mass is 427 g/mol. The van der Waals surface area contributed by atoms with Crippen molar-refractivity contribution in [1.82, 2.24) is 14.8 Å². The van der Waals surface area contributed by atoms with E-state index < -0.39 is 0 Å². The summed E-state index contributed by atoms with van der Waals surface area (Å²) in [5.74, 6) is 0.706. The molecular formula is C24H27F2N3O2. The van der Waals surface area contributed by atoms with Crippen molar-refractivity contribution in [3.63, 3.8) is 0 Å². The molecule has 2 heterocycles. The van der Waals surface area contributed by atoms with E-state index in [1.165, 1.54) is 28.8 Å². The number of carbonyl (C=O) groups is 1. The maximum absolute atomic E-state index is 13.5. The van der Waals surface area contributed by atoms with E-state index >= 15 is 0 Å². The number of ether oxygens (including phenoxy) is 1. The van der Waals surface area contributed by atoms with Gasteiger partial charge in [0, 0.05) is 24.7 Å². The van der Waals surface area contributed by atoms with Crippen LogP contribution in [0.15, 0.2) is 54.7 Å². The predicted molar refractivity (Wildman–Crippen MR) is 116 cm³/mol. The lowest BCUT2D eigenvalue weighted by atomic mass is 9.94. The van der Waals surface area contributed by atoms with E-state index in [2.05, 4.69) is 10.2 Å². The number of hydrogen-bond acceptors (Lipinski definition) is 3. The normalized spacial score (nSPS) is 15.3. The average molecular weight is 427 g/mol. The van der Waals surface area contributed by atoms with E-state index in [4.69, 9.17) is 4.74 Å². The molecule has 0 aliphatic carbocycles. The van der Waals surface area contributed by atoms with Crippen molar-refractivity contribution >= 4 is 16.9 Å². The first-order valence-corrected chi connectivity index (χ1v) is 10.7. The number of nitrogens with one attached hydrogen (secondary N) is 1. The van der Waals surface area contributed by atoms with Gasteiger partial charge >= 0.3 is 6.03 Å². The summed E-state index contributed by atoms with van der Waals surface area (Å²) in [6.07, 6.45) is 4.85. The lowest BCUT2D eigenvalue weighted by molar-refractivity contribution is 0.164. The maximum atomic E-state index is 13.5. The van der Waals surface area contributed by atoms with Crippen LogP contribution in [-0.2, 0) is 0 Å². The highest BCUT2D eigenvalue weighted by Crippen LogP contribution is 2.21. The number of amides is 1. The van der Waals surface area contributed by atoms with Crippen molar-refractivity contribution in [1.29, 1.82) is 0 Å². The number of halogens is 2. The molecule has 5 nitrogen and oxygen atoms in total. The number of aromatic nitrogens is 1. The minimum Gasteiger partial charge on any atom is -0.494 e. The molecule has 7 heteroatoms. The minimum absolute atomic E-state index is 0.242. The molecular weight excluding hydrogens is 400 g/mol. The second-order valence-corrected chi connectivity index (χ2v) is 8.00. The number of nitrogens with zero attached hydrogens (tertiary/aromatic N) is 2. The zero-order valence-electron chi connectivity index (χ0n) is 17.4. The van der Waals surface area contributed by atoms with E-state index in [9.17, 15) is 13.6 Å². The Morgan fingerprint density at radius 2 is 1.77 bits per heavy atom. The highest BCUT2D eigenvalue weighted by molar-refractivity contribution is 5.91.